The molecule has 1 aromatic carbocycles. The fourth-order valence-corrected chi connectivity index (χ4v) is 3.79. The van der Waals surface area contributed by atoms with Crippen molar-refractivity contribution in [3.8, 4) is 5.82 Å². The fraction of sp³-hybridized carbons (Fsp3) is 0. The first kappa shape index (κ1) is 10.8. The fourth-order valence-electron chi connectivity index (χ4n) is 1.62. The van der Waals surface area contributed by atoms with Gasteiger partial charge in [-0.1, -0.05) is 0 Å². The number of aromatic nitrogens is 2. The summed E-state index contributed by atoms with van der Waals surface area (Å²) in [5.74, 6) is 0.699. The predicted octanol–water partition coefficient (Wildman–Crippen LogP) is 2.10. The van der Waals surface area contributed by atoms with Crippen LogP contribution in [0.2, 0.25) is 5.02 Å². The number of pyridine rings is 1. The topological polar surface area (TPSA) is 34.9 Å². The Balaban J connectivity index is 2.33. The van der Waals surface area contributed by atoms with Gasteiger partial charge in [0, 0.05) is 0 Å². The molecule has 17 heavy (non-hydrogen) atoms. The summed E-state index contributed by atoms with van der Waals surface area (Å²) in [6, 6.07) is 11.0. The Hall–Kier alpha value is -1.35. The molecule has 2 aromatic heterocycles. The van der Waals surface area contributed by atoms with Crippen LogP contribution in [-0.4, -0.2) is 23.3 Å². The Morgan fingerprint density at radius 1 is 1.24 bits per heavy atom. The van der Waals surface area contributed by atoms with Crippen molar-refractivity contribution < 1.29 is 0 Å². The maximum absolute atomic E-state index is 12.2. The Morgan fingerprint density at radius 3 is 2.88 bits per heavy atom. The summed E-state index contributed by atoms with van der Waals surface area (Å²) in [4.78, 5) is 16.4. The van der Waals surface area contributed by atoms with E-state index in [9.17, 15) is 4.79 Å². The van der Waals surface area contributed by atoms with Crippen LogP contribution in [0.3, 0.4) is 0 Å². The van der Waals surface area contributed by atoms with E-state index in [-0.39, 0.29) is 20.3 Å². The van der Waals surface area contributed by atoms with Gasteiger partial charge in [0.2, 0.25) is 0 Å². The first-order valence-electron chi connectivity index (χ1n) is 4.99. The van der Waals surface area contributed by atoms with Crippen LogP contribution >= 0.6 is 11.6 Å². The van der Waals surface area contributed by atoms with E-state index in [1.54, 1.807) is 15.8 Å². The molecule has 3 nitrogen and oxygen atoms in total. The second-order valence-corrected chi connectivity index (χ2v) is 6.03. The van der Waals surface area contributed by atoms with E-state index in [0.717, 1.165) is 4.26 Å². The molecule has 5 heteroatoms. The van der Waals surface area contributed by atoms with Crippen LogP contribution < -0.4 is 5.56 Å². The third kappa shape index (κ3) is 1.84. The van der Waals surface area contributed by atoms with E-state index in [1.807, 2.05) is 30.3 Å². The molecule has 0 radical (unpaired) electrons. The molecule has 0 unspecified atom stereocenters. The number of rotatable bonds is 1. The Bertz CT molecular complexity index is 733. The summed E-state index contributed by atoms with van der Waals surface area (Å²) in [5.41, 5.74) is -0.0128. The van der Waals surface area contributed by atoms with Gasteiger partial charge in [0.15, 0.2) is 0 Å². The molecule has 0 fully saturated rings. The minimum absolute atomic E-state index is 0.0128. The number of hydrogen-bond acceptors (Lipinski definition) is 2. The molecule has 2 heterocycles. The Labute approximate surface area is 108 Å². The van der Waals surface area contributed by atoms with Gasteiger partial charge in [-0.25, -0.2) is 0 Å². The summed E-state index contributed by atoms with van der Waals surface area (Å²) in [6.07, 6.45) is 1.69. The van der Waals surface area contributed by atoms with E-state index in [1.165, 1.54) is 0 Å². The maximum atomic E-state index is 12.2. The molecule has 0 aliphatic rings. The standard InChI is InChI=1S/C12H7ClN2OSe/c13-8-4-5-10-9(7-8)12(16)15(17-10)11-3-1-2-6-14-11/h1-7H. The van der Waals surface area contributed by atoms with Gasteiger partial charge in [0.25, 0.3) is 0 Å². The molecule has 0 saturated heterocycles. The Morgan fingerprint density at radius 2 is 2.12 bits per heavy atom. The molecular formula is C12H7ClN2OSe. The van der Waals surface area contributed by atoms with Gasteiger partial charge in [-0.2, -0.15) is 0 Å². The molecular weight excluding hydrogens is 303 g/mol. The van der Waals surface area contributed by atoms with E-state index in [4.69, 9.17) is 11.6 Å². The normalized spacial score (nSPS) is 10.9. The molecule has 3 aromatic rings. The van der Waals surface area contributed by atoms with Crippen molar-refractivity contribution in [1.82, 2.24) is 8.55 Å². The number of hydrogen-bond donors (Lipinski definition) is 0. The van der Waals surface area contributed by atoms with Crippen LogP contribution in [-0.2, 0) is 0 Å². The van der Waals surface area contributed by atoms with Crippen molar-refractivity contribution in [1.29, 1.82) is 0 Å². The molecule has 0 aliphatic heterocycles. The first-order valence-corrected chi connectivity index (χ1v) is 6.99. The van der Waals surface area contributed by atoms with Crippen LogP contribution in [0, 0.1) is 0 Å². The van der Waals surface area contributed by atoms with E-state index < -0.39 is 0 Å². The van der Waals surface area contributed by atoms with Gasteiger partial charge in [0.1, 0.15) is 0 Å². The van der Waals surface area contributed by atoms with Crippen molar-refractivity contribution in [3.05, 3.63) is 58.0 Å². The van der Waals surface area contributed by atoms with Crippen molar-refractivity contribution in [2.45, 2.75) is 0 Å². The monoisotopic (exact) mass is 310 g/mol. The number of fused-ring (bicyclic) bond motifs is 1. The quantitative estimate of drug-likeness (QED) is 0.645. The molecule has 84 valence electrons. The van der Waals surface area contributed by atoms with Crippen molar-refractivity contribution in [2.24, 2.45) is 0 Å². The third-order valence-electron chi connectivity index (χ3n) is 2.40. The second kappa shape index (κ2) is 4.15. The SMILES string of the molecule is O=c1c2cc(Cl)ccc2[se]n1-c1ccccn1. The average Bonchev–Trinajstić information content (AvgIpc) is 2.68. The number of benzene rings is 1. The number of nitrogens with zero attached hydrogens (tertiary/aromatic N) is 2. The summed E-state index contributed by atoms with van der Waals surface area (Å²) >= 11 is 5.85. The van der Waals surface area contributed by atoms with Gasteiger partial charge < -0.3 is 0 Å². The predicted molar refractivity (Wildman–Crippen MR) is 69.3 cm³/mol. The van der Waals surface area contributed by atoms with Crippen molar-refractivity contribution in [3.63, 3.8) is 0 Å². The molecule has 0 amide bonds. The molecule has 3 rings (SSSR count). The zero-order valence-electron chi connectivity index (χ0n) is 8.63. The summed E-state index contributed by atoms with van der Waals surface area (Å²) < 4.78 is 2.77. The zero-order valence-corrected chi connectivity index (χ0v) is 11.1. The van der Waals surface area contributed by atoms with Gasteiger partial charge in [-0.05, 0) is 0 Å². The van der Waals surface area contributed by atoms with Crippen molar-refractivity contribution >= 4 is 36.0 Å². The molecule has 0 spiro atoms. The molecule has 0 saturated carbocycles. The molecule has 0 aliphatic carbocycles. The average molecular weight is 310 g/mol. The van der Waals surface area contributed by atoms with Crippen LogP contribution in [0.25, 0.3) is 15.5 Å². The van der Waals surface area contributed by atoms with E-state index in [0.29, 0.717) is 16.2 Å². The van der Waals surface area contributed by atoms with Crippen LogP contribution in [0.5, 0.6) is 0 Å². The van der Waals surface area contributed by atoms with E-state index >= 15 is 0 Å². The van der Waals surface area contributed by atoms with Gasteiger partial charge in [-0.15, -0.1) is 0 Å². The molecule has 0 N–H and O–H groups in total. The third-order valence-corrected chi connectivity index (χ3v) is 4.92. The summed E-state index contributed by atoms with van der Waals surface area (Å²) in [7, 11) is 0. The van der Waals surface area contributed by atoms with Gasteiger partial charge >= 0.3 is 108 Å². The molecule has 0 bridgehead atoms. The second-order valence-electron chi connectivity index (χ2n) is 3.52. The zero-order chi connectivity index (χ0) is 11.8. The summed E-state index contributed by atoms with van der Waals surface area (Å²) in [5, 5.41) is 1.29. The Kier molecular flexibility index (Phi) is 2.63. The molecule has 0 atom stereocenters. The van der Waals surface area contributed by atoms with Crippen LogP contribution in [0.1, 0.15) is 0 Å². The van der Waals surface area contributed by atoms with E-state index in [2.05, 4.69) is 4.98 Å². The first-order chi connectivity index (χ1) is 8.25. The minimum atomic E-state index is -0.0502. The van der Waals surface area contributed by atoms with Crippen molar-refractivity contribution in [2.75, 3.05) is 0 Å². The van der Waals surface area contributed by atoms with Gasteiger partial charge in [-0.3, -0.25) is 0 Å². The van der Waals surface area contributed by atoms with Crippen LogP contribution in [0.4, 0.5) is 0 Å². The summed E-state index contributed by atoms with van der Waals surface area (Å²) in [6.45, 7) is 0. The van der Waals surface area contributed by atoms with Crippen LogP contribution in [0.15, 0.2) is 47.4 Å². The van der Waals surface area contributed by atoms with Gasteiger partial charge in [0.05, 0.1) is 0 Å². The number of halogens is 1.